The molecule has 2 nitrogen and oxygen atoms in total. The Morgan fingerprint density at radius 3 is 2.39 bits per heavy atom. The molecule has 3 heteroatoms. The van der Waals surface area contributed by atoms with Gasteiger partial charge in [0, 0.05) is 24.5 Å². The highest BCUT2D eigenvalue weighted by Crippen LogP contribution is 2.37. The average molecular weight is 261 g/mol. The lowest BCUT2D eigenvalue weighted by Gasteiger charge is -2.21. The maximum atomic E-state index is 6.30. The highest BCUT2D eigenvalue weighted by Gasteiger charge is 2.21. The second-order valence-corrected chi connectivity index (χ2v) is 4.56. The maximum absolute atomic E-state index is 6.30. The standard InChI is InChI=1S/C15H16N2.ClH/c1-17-14-8-4-2-6-11(14)10-13(16)12-7-3-5-9-15(12)17;/h2-9,13H,10,16H2,1H3;1H. The van der Waals surface area contributed by atoms with Gasteiger partial charge in [-0.2, -0.15) is 0 Å². The Hall–Kier alpha value is -1.51. The van der Waals surface area contributed by atoms with Gasteiger partial charge in [0.2, 0.25) is 0 Å². The number of para-hydroxylation sites is 2. The molecule has 1 heterocycles. The molecule has 0 fully saturated rings. The zero-order chi connectivity index (χ0) is 11.8. The molecule has 18 heavy (non-hydrogen) atoms. The monoisotopic (exact) mass is 260 g/mol. The number of anilines is 2. The fourth-order valence-corrected chi connectivity index (χ4v) is 2.59. The van der Waals surface area contributed by atoms with E-state index in [1.807, 2.05) is 0 Å². The first-order chi connectivity index (χ1) is 8.27. The van der Waals surface area contributed by atoms with Gasteiger partial charge in [-0.15, -0.1) is 12.4 Å². The number of fused-ring (bicyclic) bond motifs is 2. The molecule has 0 amide bonds. The Balaban J connectivity index is 0.00000120. The summed E-state index contributed by atoms with van der Waals surface area (Å²) in [5.41, 5.74) is 11.3. The lowest BCUT2D eigenvalue weighted by Crippen LogP contribution is -2.14. The van der Waals surface area contributed by atoms with Crippen molar-refractivity contribution in [1.29, 1.82) is 0 Å². The second kappa shape index (κ2) is 5.01. The summed E-state index contributed by atoms with van der Waals surface area (Å²) in [5.74, 6) is 0. The van der Waals surface area contributed by atoms with Crippen LogP contribution in [0.4, 0.5) is 11.4 Å². The van der Waals surface area contributed by atoms with Crippen LogP contribution in [0.1, 0.15) is 17.2 Å². The SMILES string of the molecule is CN1c2ccccc2CC(N)c2ccccc21.Cl. The third-order valence-electron chi connectivity index (χ3n) is 3.49. The number of rotatable bonds is 0. The number of nitrogens with two attached hydrogens (primary N) is 1. The molecule has 0 spiro atoms. The zero-order valence-electron chi connectivity index (χ0n) is 10.3. The Labute approximate surface area is 114 Å². The van der Waals surface area contributed by atoms with Gasteiger partial charge in [0.15, 0.2) is 0 Å². The molecule has 0 bridgehead atoms. The molecule has 3 rings (SSSR count). The van der Waals surface area contributed by atoms with Gasteiger partial charge in [-0.05, 0) is 29.7 Å². The van der Waals surface area contributed by atoms with Gasteiger partial charge in [0.05, 0.1) is 0 Å². The molecule has 94 valence electrons. The fourth-order valence-electron chi connectivity index (χ4n) is 2.59. The van der Waals surface area contributed by atoms with Crippen LogP contribution < -0.4 is 10.6 Å². The minimum atomic E-state index is 0. The Morgan fingerprint density at radius 2 is 1.61 bits per heavy atom. The van der Waals surface area contributed by atoms with Crippen molar-refractivity contribution < 1.29 is 0 Å². The van der Waals surface area contributed by atoms with Crippen molar-refractivity contribution in [2.24, 2.45) is 5.73 Å². The van der Waals surface area contributed by atoms with Crippen LogP contribution in [0.2, 0.25) is 0 Å². The Kier molecular flexibility index (Phi) is 3.60. The van der Waals surface area contributed by atoms with Crippen LogP contribution in [-0.4, -0.2) is 7.05 Å². The first-order valence-corrected chi connectivity index (χ1v) is 5.93. The van der Waals surface area contributed by atoms with Crippen LogP contribution in [0.25, 0.3) is 0 Å². The lowest BCUT2D eigenvalue weighted by atomic mass is 10.00. The summed E-state index contributed by atoms with van der Waals surface area (Å²) in [5, 5.41) is 0. The summed E-state index contributed by atoms with van der Waals surface area (Å²) in [4.78, 5) is 2.23. The van der Waals surface area contributed by atoms with Crippen molar-refractivity contribution in [3.8, 4) is 0 Å². The van der Waals surface area contributed by atoms with Crippen LogP contribution >= 0.6 is 12.4 Å². The molecule has 0 saturated carbocycles. The molecule has 2 N–H and O–H groups in total. The predicted molar refractivity (Wildman–Crippen MR) is 78.8 cm³/mol. The summed E-state index contributed by atoms with van der Waals surface area (Å²) < 4.78 is 0. The van der Waals surface area contributed by atoms with Crippen molar-refractivity contribution in [2.75, 3.05) is 11.9 Å². The Morgan fingerprint density at radius 1 is 1.00 bits per heavy atom. The number of hydrogen-bond donors (Lipinski definition) is 1. The minimum absolute atomic E-state index is 0. The van der Waals surface area contributed by atoms with Gasteiger partial charge in [-0.1, -0.05) is 36.4 Å². The quantitative estimate of drug-likeness (QED) is 0.786. The summed E-state index contributed by atoms with van der Waals surface area (Å²) in [6.07, 6.45) is 0.900. The third kappa shape index (κ3) is 1.98. The van der Waals surface area contributed by atoms with E-state index < -0.39 is 0 Å². The fraction of sp³-hybridized carbons (Fsp3) is 0.200. The Bertz CT molecular complexity index is 554. The molecule has 2 aromatic rings. The van der Waals surface area contributed by atoms with Crippen LogP contribution in [0.3, 0.4) is 0 Å². The number of halogens is 1. The van der Waals surface area contributed by atoms with Crippen molar-refractivity contribution in [2.45, 2.75) is 12.5 Å². The summed E-state index contributed by atoms with van der Waals surface area (Å²) in [6.45, 7) is 0. The number of hydrogen-bond acceptors (Lipinski definition) is 2. The number of benzene rings is 2. The van der Waals surface area contributed by atoms with Crippen molar-refractivity contribution >= 4 is 23.8 Å². The smallest absolute Gasteiger partial charge is 0.0456 e. The summed E-state index contributed by atoms with van der Waals surface area (Å²) >= 11 is 0. The van der Waals surface area contributed by atoms with Crippen molar-refractivity contribution in [3.63, 3.8) is 0 Å². The molecular weight excluding hydrogens is 244 g/mol. The van der Waals surface area contributed by atoms with Gasteiger partial charge in [0.1, 0.15) is 0 Å². The van der Waals surface area contributed by atoms with Gasteiger partial charge < -0.3 is 10.6 Å². The molecule has 0 aromatic heterocycles. The van der Waals surface area contributed by atoms with E-state index >= 15 is 0 Å². The van der Waals surface area contributed by atoms with Crippen LogP contribution in [-0.2, 0) is 6.42 Å². The molecule has 1 aliphatic heterocycles. The van der Waals surface area contributed by atoms with Crippen LogP contribution in [0, 0.1) is 0 Å². The highest BCUT2D eigenvalue weighted by molar-refractivity contribution is 5.85. The largest absolute Gasteiger partial charge is 0.344 e. The van der Waals surface area contributed by atoms with Crippen molar-refractivity contribution in [1.82, 2.24) is 0 Å². The van der Waals surface area contributed by atoms with E-state index in [1.54, 1.807) is 0 Å². The van der Waals surface area contributed by atoms with Crippen molar-refractivity contribution in [3.05, 3.63) is 59.7 Å². The molecule has 0 saturated heterocycles. The molecule has 2 aromatic carbocycles. The minimum Gasteiger partial charge on any atom is -0.344 e. The van der Waals surface area contributed by atoms with E-state index in [0.717, 1.165) is 6.42 Å². The summed E-state index contributed by atoms with van der Waals surface area (Å²) in [6, 6.07) is 16.9. The van der Waals surface area contributed by atoms with Crippen LogP contribution in [0.15, 0.2) is 48.5 Å². The van der Waals surface area contributed by atoms with E-state index in [9.17, 15) is 0 Å². The van der Waals surface area contributed by atoms with E-state index in [0.29, 0.717) is 0 Å². The molecule has 1 aliphatic rings. The van der Waals surface area contributed by atoms with E-state index in [4.69, 9.17) is 5.73 Å². The van der Waals surface area contributed by atoms with E-state index in [2.05, 4.69) is 60.5 Å². The van der Waals surface area contributed by atoms with Gasteiger partial charge >= 0.3 is 0 Å². The lowest BCUT2D eigenvalue weighted by molar-refractivity contribution is 0.730. The zero-order valence-corrected chi connectivity index (χ0v) is 11.2. The normalized spacial score (nSPS) is 17.2. The third-order valence-corrected chi connectivity index (χ3v) is 3.49. The van der Waals surface area contributed by atoms with Crippen LogP contribution in [0.5, 0.6) is 0 Å². The van der Waals surface area contributed by atoms with Gasteiger partial charge in [0.25, 0.3) is 0 Å². The molecule has 1 unspecified atom stereocenters. The van der Waals surface area contributed by atoms with Gasteiger partial charge in [-0.25, -0.2) is 0 Å². The first-order valence-electron chi connectivity index (χ1n) is 5.93. The summed E-state index contributed by atoms with van der Waals surface area (Å²) in [7, 11) is 2.11. The van der Waals surface area contributed by atoms with Gasteiger partial charge in [-0.3, -0.25) is 0 Å². The maximum Gasteiger partial charge on any atom is 0.0456 e. The van der Waals surface area contributed by atoms with E-state index in [-0.39, 0.29) is 18.4 Å². The van der Waals surface area contributed by atoms with E-state index in [1.165, 1.54) is 22.5 Å². The molecule has 1 atom stereocenters. The number of nitrogens with zero attached hydrogens (tertiary/aromatic N) is 1. The molecular formula is C15H17ClN2. The average Bonchev–Trinajstić information content (AvgIpc) is 2.48. The second-order valence-electron chi connectivity index (χ2n) is 4.56. The predicted octanol–water partition coefficient (Wildman–Crippen LogP) is 3.43. The first kappa shape index (κ1) is 12.9. The highest BCUT2D eigenvalue weighted by atomic mass is 35.5. The topological polar surface area (TPSA) is 29.3 Å². The molecule has 0 aliphatic carbocycles. The molecule has 0 radical (unpaired) electrons.